The summed E-state index contributed by atoms with van der Waals surface area (Å²) in [5.41, 5.74) is -0.374. The van der Waals surface area contributed by atoms with E-state index in [9.17, 15) is 8.78 Å². The first-order valence-corrected chi connectivity index (χ1v) is 4.49. The van der Waals surface area contributed by atoms with Crippen LogP contribution in [0, 0.1) is 11.3 Å². The molecule has 3 nitrogen and oxygen atoms in total. The number of halogens is 3. The summed E-state index contributed by atoms with van der Waals surface area (Å²) in [6.07, 6.45) is -2.73. The largest absolute Gasteiger partial charge is 0.496 e. The zero-order chi connectivity index (χ0) is 11.4. The third-order valence-electron chi connectivity index (χ3n) is 1.78. The van der Waals surface area contributed by atoms with Crippen LogP contribution >= 0.6 is 11.6 Å². The van der Waals surface area contributed by atoms with Crippen molar-refractivity contribution in [2.45, 2.75) is 12.3 Å². The number of nitrogens with zero attached hydrogens (tertiary/aromatic N) is 2. The molecule has 1 rings (SSSR count). The molecule has 6 heteroatoms. The van der Waals surface area contributed by atoms with Crippen molar-refractivity contribution in [3.8, 4) is 11.8 Å². The highest BCUT2D eigenvalue weighted by atomic mass is 35.5. The number of hydrogen-bond acceptors (Lipinski definition) is 3. The number of nitriles is 1. The highest BCUT2D eigenvalue weighted by Gasteiger charge is 2.20. The zero-order valence-electron chi connectivity index (χ0n) is 7.80. The van der Waals surface area contributed by atoms with Crippen LogP contribution in [0.15, 0.2) is 6.07 Å². The van der Waals surface area contributed by atoms with Crippen molar-refractivity contribution in [1.82, 2.24) is 4.98 Å². The lowest BCUT2D eigenvalue weighted by Crippen LogP contribution is -2.02. The fourth-order valence-corrected chi connectivity index (χ4v) is 1.35. The molecule has 0 amide bonds. The fraction of sp³-hybridized carbons (Fsp3) is 0.333. The minimum atomic E-state index is -2.73. The van der Waals surface area contributed by atoms with E-state index in [1.54, 1.807) is 6.07 Å². The maximum atomic E-state index is 12.6. The van der Waals surface area contributed by atoms with Gasteiger partial charge in [0.05, 0.1) is 24.2 Å². The molecule has 15 heavy (non-hydrogen) atoms. The number of pyridine rings is 1. The molecule has 0 aliphatic rings. The van der Waals surface area contributed by atoms with Crippen molar-refractivity contribution in [2.75, 3.05) is 7.11 Å². The van der Waals surface area contributed by atoms with Crippen LogP contribution in [0.5, 0.6) is 5.75 Å². The van der Waals surface area contributed by atoms with Gasteiger partial charge in [0.15, 0.2) is 0 Å². The second-order valence-corrected chi connectivity index (χ2v) is 2.88. The maximum Gasteiger partial charge on any atom is 0.269 e. The van der Waals surface area contributed by atoms with Crippen LogP contribution < -0.4 is 4.74 Å². The number of methoxy groups -OCH3 is 1. The normalized spacial score (nSPS) is 10.1. The predicted molar refractivity (Wildman–Crippen MR) is 50.0 cm³/mol. The lowest BCUT2D eigenvalue weighted by molar-refractivity contribution is 0.145. The smallest absolute Gasteiger partial charge is 0.269 e. The summed E-state index contributed by atoms with van der Waals surface area (Å²) in [5, 5.41) is 8.61. The average molecular weight is 233 g/mol. The standard InChI is InChI=1S/C9H7ClF2N2O/c1-15-7-2-5(4-13)14-6(3-10)8(7)9(11)12/h2,9H,3H2,1H3. The SMILES string of the molecule is COc1cc(C#N)nc(CCl)c1C(F)F. The molecule has 0 spiro atoms. The highest BCUT2D eigenvalue weighted by Crippen LogP contribution is 2.32. The first-order chi connectivity index (χ1) is 7.13. The molecular weight excluding hydrogens is 226 g/mol. The Morgan fingerprint density at radius 3 is 2.73 bits per heavy atom. The van der Waals surface area contributed by atoms with E-state index in [2.05, 4.69) is 4.98 Å². The van der Waals surface area contributed by atoms with Gasteiger partial charge in [0, 0.05) is 6.07 Å². The molecular formula is C9H7ClF2N2O. The van der Waals surface area contributed by atoms with Gasteiger partial charge < -0.3 is 4.74 Å². The topological polar surface area (TPSA) is 45.9 Å². The first-order valence-electron chi connectivity index (χ1n) is 3.96. The fourth-order valence-electron chi connectivity index (χ4n) is 1.14. The monoisotopic (exact) mass is 232 g/mol. The van der Waals surface area contributed by atoms with Crippen molar-refractivity contribution in [3.63, 3.8) is 0 Å². The summed E-state index contributed by atoms with van der Waals surface area (Å²) < 4.78 is 30.0. The Hall–Kier alpha value is -1.41. The molecule has 1 aromatic rings. The van der Waals surface area contributed by atoms with Gasteiger partial charge in [-0.3, -0.25) is 0 Å². The van der Waals surface area contributed by atoms with Gasteiger partial charge >= 0.3 is 0 Å². The molecule has 0 atom stereocenters. The molecule has 0 aliphatic heterocycles. The molecule has 0 fully saturated rings. The van der Waals surface area contributed by atoms with Gasteiger partial charge in [-0.25, -0.2) is 13.8 Å². The Bertz CT molecular complexity index is 379. The van der Waals surface area contributed by atoms with Gasteiger partial charge in [0.1, 0.15) is 17.5 Å². The molecule has 0 aromatic carbocycles. The molecule has 0 saturated heterocycles. The van der Waals surface area contributed by atoms with Gasteiger partial charge in [-0.1, -0.05) is 0 Å². The summed E-state index contributed by atoms with van der Waals surface area (Å²) in [6.45, 7) is 0. The van der Waals surface area contributed by atoms with Gasteiger partial charge in [-0.15, -0.1) is 11.6 Å². The molecule has 0 N–H and O–H groups in total. The van der Waals surface area contributed by atoms with Crippen molar-refractivity contribution < 1.29 is 13.5 Å². The molecule has 0 unspecified atom stereocenters. The van der Waals surface area contributed by atoms with Crippen LogP contribution in [-0.4, -0.2) is 12.1 Å². The van der Waals surface area contributed by atoms with E-state index >= 15 is 0 Å². The molecule has 0 bridgehead atoms. The van der Waals surface area contributed by atoms with E-state index in [0.717, 1.165) is 6.07 Å². The third-order valence-corrected chi connectivity index (χ3v) is 2.03. The second-order valence-electron chi connectivity index (χ2n) is 2.62. The summed E-state index contributed by atoms with van der Waals surface area (Å²) in [7, 11) is 1.25. The predicted octanol–water partition coefficient (Wildman–Crippen LogP) is 2.64. The minimum Gasteiger partial charge on any atom is -0.496 e. The highest BCUT2D eigenvalue weighted by molar-refractivity contribution is 6.17. The van der Waals surface area contributed by atoms with Crippen molar-refractivity contribution in [1.29, 1.82) is 5.26 Å². The van der Waals surface area contributed by atoms with Crippen LogP contribution in [0.25, 0.3) is 0 Å². The lowest BCUT2D eigenvalue weighted by atomic mass is 10.1. The molecule has 0 radical (unpaired) electrons. The van der Waals surface area contributed by atoms with Gasteiger partial charge in [0.2, 0.25) is 0 Å². The molecule has 0 saturated carbocycles. The Morgan fingerprint density at radius 1 is 1.67 bits per heavy atom. The molecule has 0 aliphatic carbocycles. The van der Waals surface area contributed by atoms with Crippen molar-refractivity contribution in [2.24, 2.45) is 0 Å². The van der Waals surface area contributed by atoms with E-state index in [-0.39, 0.29) is 28.6 Å². The minimum absolute atomic E-state index is 0.00639. The van der Waals surface area contributed by atoms with Gasteiger partial charge in [-0.05, 0) is 0 Å². The second kappa shape index (κ2) is 4.89. The summed E-state index contributed by atoms with van der Waals surface area (Å²) in [5.74, 6) is -0.252. The zero-order valence-corrected chi connectivity index (χ0v) is 8.55. The average Bonchev–Trinajstić information content (AvgIpc) is 2.26. The van der Waals surface area contributed by atoms with Crippen LogP contribution in [0.3, 0.4) is 0 Å². The number of aromatic nitrogens is 1. The Kier molecular flexibility index (Phi) is 3.81. The van der Waals surface area contributed by atoms with Crippen molar-refractivity contribution in [3.05, 3.63) is 23.0 Å². The van der Waals surface area contributed by atoms with E-state index in [4.69, 9.17) is 21.6 Å². The first kappa shape index (κ1) is 11.7. The Labute approximate surface area is 90.3 Å². The third kappa shape index (κ3) is 2.34. The number of rotatable bonds is 3. The van der Waals surface area contributed by atoms with E-state index < -0.39 is 6.43 Å². The molecule has 1 heterocycles. The number of alkyl halides is 3. The summed E-state index contributed by atoms with van der Waals surface area (Å²) in [4.78, 5) is 3.69. The van der Waals surface area contributed by atoms with E-state index in [1.165, 1.54) is 7.11 Å². The number of ether oxygens (including phenoxy) is 1. The van der Waals surface area contributed by atoms with Crippen LogP contribution in [0.4, 0.5) is 8.78 Å². The van der Waals surface area contributed by atoms with E-state index in [0.29, 0.717) is 0 Å². The van der Waals surface area contributed by atoms with Crippen molar-refractivity contribution >= 4 is 11.6 Å². The lowest BCUT2D eigenvalue weighted by Gasteiger charge is -2.11. The summed E-state index contributed by atoms with van der Waals surface area (Å²) in [6, 6.07) is 2.91. The molecule has 80 valence electrons. The Morgan fingerprint density at radius 2 is 2.33 bits per heavy atom. The number of hydrogen-bond donors (Lipinski definition) is 0. The van der Waals surface area contributed by atoms with Crippen LogP contribution in [0.2, 0.25) is 0 Å². The van der Waals surface area contributed by atoms with E-state index in [1.807, 2.05) is 0 Å². The summed E-state index contributed by atoms with van der Waals surface area (Å²) >= 11 is 5.47. The maximum absolute atomic E-state index is 12.6. The Balaban J connectivity index is 3.41. The van der Waals surface area contributed by atoms with Gasteiger partial charge in [0.25, 0.3) is 6.43 Å². The van der Waals surface area contributed by atoms with Crippen LogP contribution in [0.1, 0.15) is 23.4 Å². The molecule has 1 aromatic heterocycles. The quantitative estimate of drug-likeness (QED) is 0.753. The van der Waals surface area contributed by atoms with Gasteiger partial charge in [-0.2, -0.15) is 5.26 Å². The van der Waals surface area contributed by atoms with Crippen LogP contribution in [-0.2, 0) is 5.88 Å².